The van der Waals surface area contributed by atoms with Crippen LogP contribution in [0.4, 0.5) is 0 Å². The van der Waals surface area contributed by atoms with Crippen LogP contribution in [0.1, 0.15) is 23.2 Å². The summed E-state index contributed by atoms with van der Waals surface area (Å²) < 4.78 is 6.51. The second-order valence-corrected chi connectivity index (χ2v) is 4.19. The van der Waals surface area contributed by atoms with E-state index >= 15 is 0 Å². The summed E-state index contributed by atoms with van der Waals surface area (Å²) >= 11 is 0. The van der Waals surface area contributed by atoms with E-state index in [9.17, 15) is 9.59 Å². The highest BCUT2D eigenvalue weighted by atomic mass is 16.5. The lowest BCUT2D eigenvalue weighted by atomic mass is 10.1. The molecule has 0 atom stereocenters. The molecule has 1 amide bonds. The van der Waals surface area contributed by atoms with Crippen molar-refractivity contribution in [3.8, 4) is 0 Å². The highest BCUT2D eigenvalue weighted by Crippen LogP contribution is 2.06. The molecule has 7 nitrogen and oxygen atoms in total. The van der Waals surface area contributed by atoms with Crippen LogP contribution in [-0.2, 0) is 16.1 Å². The largest absolute Gasteiger partial charge is 0.478 e. The van der Waals surface area contributed by atoms with Gasteiger partial charge in [0.05, 0.1) is 11.8 Å². The first-order valence-corrected chi connectivity index (χ1v) is 5.78. The van der Waals surface area contributed by atoms with Gasteiger partial charge in [0.2, 0.25) is 5.91 Å². The molecular formula is C11H15N3O4. The molecule has 2 rings (SSSR count). The zero-order chi connectivity index (χ0) is 13.0. The summed E-state index contributed by atoms with van der Waals surface area (Å²) in [5, 5.41) is 15.4. The van der Waals surface area contributed by atoms with Crippen LogP contribution in [0.2, 0.25) is 0 Å². The number of ether oxygens (including phenoxy) is 1. The molecule has 0 aromatic carbocycles. The van der Waals surface area contributed by atoms with Crippen LogP contribution in [0.5, 0.6) is 0 Å². The molecule has 1 fully saturated rings. The minimum Gasteiger partial charge on any atom is -0.478 e. The maximum atomic E-state index is 11.7. The van der Waals surface area contributed by atoms with Crippen molar-refractivity contribution in [2.45, 2.75) is 25.4 Å². The van der Waals surface area contributed by atoms with E-state index in [-0.39, 0.29) is 24.1 Å². The van der Waals surface area contributed by atoms with Crippen molar-refractivity contribution in [3.63, 3.8) is 0 Å². The molecule has 98 valence electrons. The Bertz CT molecular complexity index is 437. The summed E-state index contributed by atoms with van der Waals surface area (Å²) in [6.07, 6.45) is 4.19. The molecule has 0 spiro atoms. The topological polar surface area (TPSA) is 93.5 Å². The third-order valence-corrected chi connectivity index (χ3v) is 2.77. The summed E-state index contributed by atoms with van der Waals surface area (Å²) in [5.41, 5.74) is 0.0777. The number of nitrogens with one attached hydrogen (secondary N) is 1. The lowest BCUT2D eigenvalue weighted by Crippen LogP contribution is -2.40. The molecule has 1 aliphatic rings. The first-order valence-electron chi connectivity index (χ1n) is 5.78. The standard InChI is InChI=1S/C11H15N3O4/c15-10(13-9-1-3-18-4-2-9)7-14-6-8(5-12-14)11(16)17/h5-6,9H,1-4,7H2,(H,13,15)(H,16,17). The summed E-state index contributed by atoms with van der Waals surface area (Å²) in [6.45, 7) is 1.36. The number of aromatic carboxylic acids is 1. The Kier molecular flexibility index (Phi) is 3.93. The van der Waals surface area contributed by atoms with Crippen LogP contribution < -0.4 is 5.32 Å². The van der Waals surface area contributed by atoms with Crippen molar-refractivity contribution in [2.24, 2.45) is 0 Å². The Morgan fingerprint density at radius 1 is 1.50 bits per heavy atom. The van der Waals surface area contributed by atoms with Crippen LogP contribution in [-0.4, -0.2) is 46.0 Å². The summed E-state index contributed by atoms with van der Waals surface area (Å²) in [6, 6.07) is 0.140. The lowest BCUT2D eigenvalue weighted by molar-refractivity contribution is -0.123. The maximum Gasteiger partial charge on any atom is 0.338 e. The lowest BCUT2D eigenvalue weighted by Gasteiger charge is -2.23. The third-order valence-electron chi connectivity index (χ3n) is 2.77. The van der Waals surface area contributed by atoms with Gasteiger partial charge in [0.15, 0.2) is 0 Å². The quantitative estimate of drug-likeness (QED) is 0.780. The molecule has 1 aromatic heterocycles. The van der Waals surface area contributed by atoms with Gasteiger partial charge in [0.1, 0.15) is 6.54 Å². The molecule has 2 N–H and O–H groups in total. The van der Waals surface area contributed by atoms with E-state index in [0.29, 0.717) is 13.2 Å². The van der Waals surface area contributed by atoms with Crippen LogP contribution in [0.3, 0.4) is 0 Å². The Hall–Kier alpha value is -1.89. The van der Waals surface area contributed by atoms with Gasteiger partial charge in [-0.3, -0.25) is 9.48 Å². The molecule has 7 heteroatoms. The van der Waals surface area contributed by atoms with Crippen molar-refractivity contribution >= 4 is 11.9 Å². The predicted molar refractivity (Wildman–Crippen MR) is 61.2 cm³/mol. The van der Waals surface area contributed by atoms with E-state index in [1.165, 1.54) is 17.1 Å². The van der Waals surface area contributed by atoms with Gasteiger partial charge in [-0.25, -0.2) is 4.79 Å². The van der Waals surface area contributed by atoms with E-state index < -0.39 is 5.97 Å². The molecule has 0 aliphatic carbocycles. The number of carboxylic acids is 1. The van der Waals surface area contributed by atoms with Gasteiger partial charge in [-0.15, -0.1) is 0 Å². The zero-order valence-electron chi connectivity index (χ0n) is 9.83. The number of carbonyl (C=O) groups is 2. The Morgan fingerprint density at radius 3 is 2.83 bits per heavy atom. The van der Waals surface area contributed by atoms with Gasteiger partial charge < -0.3 is 15.2 Å². The SMILES string of the molecule is O=C(Cn1cc(C(=O)O)cn1)NC1CCOCC1. The molecule has 0 unspecified atom stereocenters. The number of rotatable bonds is 4. The average molecular weight is 253 g/mol. The molecule has 1 aliphatic heterocycles. The summed E-state index contributed by atoms with van der Waals surface area (Å²) in [4.78, 5) is 22.3. The number of aromatic nitrogens is 2. The third kappa shape index (κ3) is 3.30. The molecule has 1 saturated heterocycles. The molecule has 0 radical (unpaired) electrons. The van der Waals surface area contributed by atoms with Crippen molar-refractivity contribution in [3.05, 3.63) is 18.0 Å². The van der Waals surface area contributed by atoms with Gasteiger partial charge in [0.25, 0.3) is 0 Å². The number of carboxylic acid groups (broad SMARTS) is 1. The van der Waals surface area contributed by atoms with Gasteiger partial charge in [0, 0.05) is 25.5 Å². The van der Waals surface area contributed by atoms with Crippen LogP contribution in [0.15, 0.2) is 12.4 Å². The summed E-state index contributed by atoms with van der Waals surface area (Å²) in [5.74, 6) is -1.21. The van der Waals surface area contributed by atoms with Crippen LogP contribution >= 0.6 is 0 Å². The van der Waals surface area contributed by atoms with Crippen LogP contribution in [0, 0.1) is 0 Å². The fourth-order valence-electron chi connectivity index (χ4n) is 1.82. The molecule has 0 saturated carbocycles. The van der Waals surface area contributed by atoms with Crippen LogP contribution in [0.25, 0.3) is 0 Å². The van der Waals surface area contributed by atoms with Crippen molar-refractivity contribution in [1.82, 2.24) is 15.1 Å². The van der Waals surface area contributed by atoms with E-state index in [1.54, 1.807) is 0 Å². The average Bonchev–Trinajstić information content (AvgIpc) is 2.78. The minimum atomic E-state index is -1.05. The molecular weight excluding hydrogens is 238 g/mol. The maximum absolute atomic E-state index is 11.7. The highest BCUT2D eigenvalue weighted by Gasteiger charge is 2.16. The molecule has 0 bridgehead atoms. The molecule has 2 heterocycles. The fraction of sp³-hybridized carbons (Fsp3) is 0.545. The normalized spacial score (nSPS) is 16.4. The second-order valence-electron chi connectivity index (χ2n) is 4.19. The van der Waals surface area contributed by atoms with Crippen molar-refractivity contribution < 1.29 is 19.4 Å². The second kappa shape index (κ2) is 5.63. The van der Waals surface area contributed by atoms with Crippen molar-refractivity contribution in [2.75, 3.05) is 13.2 Å². The number of nitrogens with zero attached hydrogens (tertiary/aromatic N) is 2. The van der Waals surface area contributed by atoms with E-state index in [1.807, 2.05) is 0 Å². The number of amides is 1. The van der Waals surface area contributed by atoms with Gasteiger partial charge in [-0.05, 0) is 12.8 Å². The van der Waals surface area contributed by atoms with E-state index in [2.05, 4.69) is 10.4 Å². The fourth-order valence-corrected chi connectivity index (χ4v) is 1.82. The monoisotopic (exact) mass is 253 g/mol. The molecule has 1 aromatic rings. The first-order chi connectivity index (χ1) is 8.65. The number of hydrogen-bond acceptors (Lipinski definition) is 4. The number of hydrogen-bond donors (Lipinski definition) is 2. The number of carbonyl (C=O) groups excluding carboxylic acids is 1. The Morgan fingerprint density at radius 2 is 2.22 bits per heavy atom. The Balaban J connectivity index is 1.84. The Labute approximate surface area is 104 Å². The summed E-state index contributed by atoms with van der Waals surface area (Å²) in [7, 11) is 0. The van der Waals surface area contributed by atoms with Gasteiger partial charge in [-0.2, -0.15) is 5.10 Å². The minimum absolute atomic E-state index is 0.0324. The van der Waals surface area contributed by atoms with E-state index in [4.69, 9.17) is 9.84 Å². The highest BCUT2D eigenvalue weighted by molar-refractivity contribution is 5.87. The van der Waals surface area contributed by atoms with E-state index in [0.717, 1.165) is 12.8 Å². The predicted octanol–water partition coefficient (Wildman–Crippen LogP) is -0.123. The van der Waals surface area contributed by atoms with Gasteiger partial charge >= 0.3 is 5.97 Å². The zero-order valence-corrected chi connectivity index (χ0v) is 9.83. The first kappa shape index (κ1) is 12.6. The van der Waals surface area contributed by atoms with Gasteiger partial charge in [-0.1, -0.05) is 0 Å². The smallest absolute Gasteiger partial charge is 0.338 e. The molecule has 18 heavy (non-hydrogen) atoms. The van der Waals surface area contributed by atoms with Crippen molar-refractivity contribution in [1.29, 1.82) is 0 Å².